The second-order valence-corrected chi connectivity index (χ2v) is 21.9. The Morgan fingerprint density at radius 1 is 0.413 bits per heavy atom. The number of para-hydroxylation sites is 4. The van der Waals surface area contributed by atoms with Gasteiger partial charge in [0.05, 0.1) is 9.75 Å². The molecule has 7 nitrogen and oxygen atoms in total. The Bertz CT molecular complexity index is 2980. The number of allylic oxidation sites excluding steroid dienone is 4. The number of nitrogens with zero attached hydrogens (tertiary/aromatic N) is 2. The van der Waals surface area contributed by atoms with E-state index in [1.807, 2.05) is 177 Å². The maximum atomic E-state index is 14.6. The van der Waals surface area contributed by atoms with Crippen LogP contribution in [0.2, 0.25) is 0 Å². The van der Waals surface area contributed by atoms with E-state index >= 15 is 0 Å². The summed E-state index contributed by atoms with van der Waals surface area (Å²) in [5.74, 6) is -3.42. The first-order chi connectivity index (χ1) is 36.7. The zero-order valence-electron chi connectivity index (χ0n) is 41.2. The van der Waals surface area contributed by atoms with Crippen LogP contribution in [0.4, 0.5) is 32.8 Å². The van der Waals surface area contributed by atoms with Crippen molar-refractivity contribution in [2.75, 3.05) is 9.80 Å². The molecular weight excluding hydrogens is 985 g/mol. The predicted molar refractivity (Wildman–Crippen MR) is 310 cm³/mol. The van der Waals surface area contributed by atoms with Gasteiger partial charge in [-0.25, -0.2) is 0 Å². The van der Waals surface area contributed by atoms with Crippen molar-refractivity contribution in [1.82, 2.24) is 0 Å². The lowest BCUT2D eigenvalue weighted by Crippen LogP contribution is -2.34. The predicted octanol–water partition coefficient (Wildman–Crippen LogP) is 17.3. The van der Waals surface area contributed by atoms with E-state index in [0.717, 1.165) is 48.1 Å². The van der Waals surface area contributed by atoms with Gasteiger partial charge < -0.3 is 20.0 Å². The van der Waals surface area contributed by atoms with Crippen LogP contribution in [0.25, 0.3) is 17.1 Å². The van der Waals surface area contributed by atoms with Crippen LogP contribution in [0.15, 0.2) is 237 Å². The smallest absolute Gasteiger partial charge is 0.162 e. The summed E-state index contributed by atoms with van der Waals surface area (Å²) in [6.07, 6.45) is 4.73. The van der Waals surface area contributed by atoms with E-state index in [1.54, 1.807) is 29.5 Å². The lowest BCUT2D eigenvalue weighted by molar-refractivity contribution is -0.127. The third kappa shape index (κ3) is 11.8. The number of hydrogen-bond acceptors (Lipinski definition) is 10. The Labute approximate surface area is 450 Å². The van der Waals surface area contributed by atoms with Gasteiger partial charge in [0.25, 0.3) is 0 Å². The molecule has 0 amide bonds. The summed E-state index contributed by atoms with van der Waals surface area (Å²) in [5, 5.41) is 24.9. The van der Waals surface area contributed by atoms with Gasteiger partial charge in [-0.05, 0) is 134 Å². The standard InChI is InChI=1S/C65H54N2O5S3/c1-44(59-32-33-62(73-59)65(45-20-8-2-9-21-45)46-22-10-3-11-23-46)38-54(68)47-39-48(55(69)42-57(71)60-34-36-63(74-60)66(50-24-12-4-13-25-50)51-26-14-5-15-27-51)41-49(40-47)56(70)43-58(72)61-35-37-64(75-61)67(52-28-16-6-17-29-52)53-30-18-7-19-31-53/h2-38,42-43,47-49,65,71-72H,39-41H2,1H3/b44-38+,57-42-,58-43-. The number of hydrogen-bond donors (Lipinski definition) is 2. The summed E-state index contributed by atoms with van der Waals surface area (Å²) in [6, 6.07) is 72.2. The van der Waals surface area contributed by atoms with Crippen LogP contribution in [-0.2, 0) is 14.4 Å². The fourth-order valence-electron chi connectivity index (χ4n) is 9.88. The van der Waals surface area contributed by atoms with Gasteiger partial charge in [0.1, 0.15) is 21.5 Å². The van der Waals surface area contributed by atoms with Crippen LogP contribution in [0.1, 0.15) is 62.7 Å². The molecule has 0 spiro atoms. The molecule has 75 heavy (non-hydrogen) atoms. The summed E-state index contributed by atoms with van der Waals surface area (Å²) >= 11 is 4.35. The minimum atomic E-state index is -0.748. The van der Waals surface area contributed by atoms with Crippen molar-refractivity contribution in [2.45, 2.75) is 32.1 Å². The number of ketones is 3. The van der Waals surface area contributed by atoms with Crippen LogP contribution < -0.4 is 9.80 Å². The summed E-state index contributed by atoms with van der Waals surface area (Å²) in [6.45, 7) is 1.93. The highest BCUT2D eigenvalue weighted by molar-refractivity contribution is 7.17. The molecule has 2 N–H and O–H groups in total. The second kappa shape index (κ2) is 23.4. The van der Waals surface area contributed by atoms with Crippen molar-refractivity contribution < 1.29 is 24.6 Å². The largest absolute Gasteiger partial charge is 0.506 e. The van der Waals surface area contributed by atoms with Crippen LogP contribution >= 0.6 is 34.0 Å². The Hall–Kier alpha value is -8.15. The van der Waals surface area contributed by atoms with Crippen molar-refractivity contribution in [3.05, 3.63) is 267 Å². The van der Waals surface area contributed by atoms with Crippen molar-refractivity contribution >= 4 is 101 Å². The van der Waals surface area contributed by atoms with Gasteiger partial charge in [-0.2, -0.15) is 0 Å². The van der Waals surface area contributed by atoms with Crippen molar-refractivity contribution in [3.63, 3.8) is 0 Å². The van der Waals surface area contributed by atoms with E-state index in [4.69, 9.17) is 0 Å². The highest BCUT2D eigenvalue weighted by Crippen LogP contribution is 2.44. The molecule has 0 aliphatic heterocycles. The average molecular weight is 1040 g/mol. The van der Waals surface area contributed by atoms with Gasteiger partial charge in [0, 0.05) is 68.3 Å². The third-order valence-corrected chi connectivity index (χ3v) is 17.1. The van der Waals surface area contributed by atoms with Crippen LogP contribution in [0.3, 0.4) is 0 Å². The molecule has 9 aromatic rings. The van der Waals surface area contributed by atoms with Gasteiger partial charge in [0.15, 0.2) is 17.3 Å². The van der Waals surface area contributed by atoms with E-state index < -0.39 is 17.8 Å². The fraction of sp³-hybridized carbons (Fsp3) is 0.123. The number of anilines is 6. The monoisotopic (exact) mass is 1040 g/mol. The molecule has 1 fully saturated rings. The first-order valence-electron chi connectivity index (χ1n) is 25.0. The SMILES string of the molecule is C/C(=C\C(=O)C1CC(C(=O)/C=C(\O)c2ccc(N(c3ccccc3)c3ccccc3)s2)CC(C(=O)/C=C(\O)c2ccc(N(c3ccccc3)c3ccccc3)s2)C1)c1ccc(C(c2ccccc2)c2ccccc2)s1. The number of thiophene rings is 3. The van der Waals surface area contributed by atoms with Gasteiger partial charge >= 0.3 is 0 Å². The maximum Gasteiger partial charge on any atom is 0.162 e. The van der Waals surface area contributed by atoms with Gasteiger partial charge in [0.2, 0.25) is 0 Å². The van der Waals surface area contributed by atoms with E-state index in [1.165, 1.54) is 46.0 Å². The van der Waals surface area contributed by atoms with Crippen LogP contribution in [0, 0.1) is 17.8 Å². The molecule has 0 radical (unpaired) electrons. The van der Waals surface area contributed by atoms with Crippen molar-refractivity contribution in [1.29, 1.82) is 0 Å². The molecule has 2 unspecified atom stereocenters. The third-order valence-electron chi connectivity index (χ3n) is 13.6. The zero-order valence-corrected chi connectivity index (χ0v) is 43.6. The molecule has 1 saturated carbocycles. The van der Waals surface area contributed by atoms with E-state index in [0.29, 0.717) is 9.75 Å². The molecule has 0 saturated heterocycles. The molecule has 6 aromatic carbocycles. The molecule has 10 heteroatoms. The summed E-state index contributed by atoms with van der Waals surface area (Å²) in [5.41, 5.74) is 6.91. The lowest BCUT2D eigenvalue weighted by Gasteiger charge is -2.31. The van der Waals surface area contributed by atoms with Gasteiger partial charge in [-0.3, -0.25) is 14.4 Å². The lowest BCUT2D eigenvalue weighted by atomic mass is 9.70. The Morgan fingerprint density at radius 2 is 0.733 bits per heavy atom. The van der Waals surface area contributed by atoms with Crippen molar-refractivity contribution in [2.24, 2.45) is 17.8 Å². The minimum absolute atomic E-state index is 0.0142. The Morgan fingerprint density at radius 3 is 1.09 bits per heavy atom. The molecule has 3 aromatic heterocycles. The highest BCUT2D eigenvalue weighted by atomic mass is 32.1. The molecule has 372 valence electrons. The highest BCUT2D eigenvalue weighted by Gasteiger charge is 2.38. The summed E-state index contributed by atoms with van der Waals surface area (Å²) < 4.78 is 0. The molecule has 2 atom stereocenters. The fourth-order valence-corrected chi connectivity index (χ4v) is 12.9. The Kier molecular flexibility index (Phi) is 15.7. The van der Waals surface area contributed by atoms with Crippen molar-refractivity contribution in [3.8, 4) is 0 Å². The molecule has 1 aliphatic carbocycles. The first kappa shape index (κ1) is 50.4. The quantitative estimate of drug-likeness (QED) is 0.0652. The normalized spacial score (nSPS) is 16.1. The second-order valence-electron chi connectivity index (χ2n) is 18.6. The average Bonchev–Trinajstić information content (AvgIpc) is 4.27. The first-order valence-corrected chi connectivity index (χ1v) is 27.4. The number of aliphatic hydroxyl groups is 2. The molecule has 1 aliphatic rings. The number of rotatable bonds is 18. The van der Waals surface area contributed by atoms with E-state index in [2.05, 4.69) is 46.2 Å². The molecule has 10 rings (SSSR count). The number of carbonyl (C=O) groups excluding carboxylic acids is 3. The Balaban J connectivity index is 0.927. The zero-order chi connectivity index (χ0) is 51.7. The van der Waals surface area contributed by atoms with E-state index in [9.17, 15) is 24.6 Å². The maximum absolute atomic E-state index is 14.6. The molecular formula is C65H54N2O5S3. The molecule has 3 heterocycles. The topological polar surface area (TPSA) is 98.2 Å². The number of aliphatic hydroxyl groups excluding tert-OH is 2. The summed E-state index contributed by atoms with van der Waals surface area (Å²) in [4.78, 5) is 50.7. The van der Waals surface area contributed by atoms with Crippen LogP contribution in [-0.4, -0.2) is 27.6 Å². The number of carbonyl (C=O) groups is 3. The molecule has 0 bridgehead atoms. The summed E-state index contributed by atoms with van der Waals surface area (Å²) in [7, 11) is 0. The minimum Gasteiger partial charge on any atom is -0.506 e. The van der Waals surface area contributed by atoms with Gasteiger partial charge in [-0.1, -0.05) is 133 Å². The number of benzene rings is 6. The van der Waals surface area contributed by atoms with Gasteiger partial charge in [-0.15, -0.1) is 34.0 Å². The van der Waals surface area contributed by atoms with Crippen LogP contribution in [0.5, 0.6) is 0 Å². The van der Waals surface area contributed by atoms with E-state index in [-0.39, 0.29) is 54.0 Å².